The lowest BCUT2D eigenvalue weighted by Gasteiger charge is -1.99. The Bertz CT molecular complexity index is 971. The van der Waals surface area contributed by atoms with Gasteiger partial charge in [0, 0.05) is 4.88 Å². The standard InChI is InChI=1S/C15H11ClN2O3S2/c1-7-10-13(19)17-12(9(16)6-8-4-3-5-22-8)18-14(10)23-11(7)15(20)21-2/h3-6H,1-2H3,(H,17,18,19). The summed E-state index contributed by atoms with van der Waals surface area (Å²) in [4.78, 5) is 32.9. The van der Waals surface area contributed by atoms with E-state index in [-0.39, 0.29) is 11.4 Å². The number of esters is 1. The van der Waals surface area contributed by atoms with Crippen molar-refractivity contribution in [1.82, 2.24) is 9.97 Å². The number of aromatic nitrogens is 2. The van der Waals surface area contributed by atoms with Gasteiger partial charge in [-0.1, -0.05) is 17.7 Å². The number of carbonyl (C=O) groups excluding carboxylic acids is 1. The monoisotopic (exact) mass is 366 g/mol. The summed E-state index contributed by atoms with van der Waals surface area (Å²) in [5, 5.41) is 2.65. The number of rotatable bonds is 3. The number of carbonyl (C=O) groups is 1. The number of ether oxygens (including phenoxy) is 1. The highest BCUT2D eigenvalue weighted by Gasteiger charge is 2.20. The maximum atomic E-state index is 12.3. The first-order valence-corrected chi connectivity index (χ1v) is 8.61. The summed E-state index contributed by atoms with van der Waals surface area (Å²) in [6, 6.07) is 3.82. The Balaban J connectivity index is 2.15. The first kappa shape index (κ1) is 15.9. The second kappa shape index (κ2) is 6.27. The number of H-pyrrole nitrogens is 1. The smallest absolute Gasteiger partial charge is 0.348 e. The first-order chi connectivity index (χ1) is 11.0. The van der Waals surface area contributed by atoms with E-state index in [2.05, 4.69) is 9.97 Å². The van der Waals surface area contributed by atoms with E-state index in [1.165, 1.54) is 18.4 Å². The van der Waals surface area contributed by atoms with Crippen molar-refractivity contribution in [2.24, 2.45) is 0 Å². The molecule has 3 rings (SSSR count). The molecule has 0 bridgehead atoms. The quantitative estimate of drug-likeness (QED) is 0.714. The van der Waals surface area contributed by atoms with Gasteiger partial charge in [0.05, 0.1) is 17.5 Å². The normalized spacial score (nSPS) is 11.9. The Morgan fingerprint density at radius 3 is 2.91 bits per heavy atom. The average molecular weight is 367 g/mol. The largest absolute Gasteiger partial charge is 0.465 e. The minimum Gasteiger partial charge on any atom is -0.465 e. The molecule has 3 aromatic heterocycles. The van der Waals surface area contributed by atoms with Crippen LogP contribution in [0, 0.1) is 6.92 Å². The zero-order valence-electron chi connectivity index (χ0n) is 12.2. The highest BCUT2D eigenvalue weighted by atomic mass is 35.5. The van der Waals surface area contributed by atoms with E-state index < -0.39 is 5.97 Å². The molecule has 3 aromatic rings. The minimum atomic E-state index is -0.480. The van der Waals surface area contributed by atoms with E-state index in [4.69, 9.17) is 16.3 Å². The topological polar surface area (TPSA) is 72.0 Å². The van der Waals surface area contributed by atoms with Crippen molar-refractivity contribution in [1.29, 1.82) is 0 Å². The van der Waals surface area contributed by atoms with E-state index in [0.717, 1.165) is 16.2 Å². The molecule has 0 aliphatic rings. The summed E-state index contributed by atoms with van der Waals surface area (Å²) in [5.74, 6) is -0.207. The molecule has 23 heavy (non-hydrogen) atoms. The second-order valence-corrected chi connectivity index (χ2v) is 7.04. The SMILES string of the molecule is COC(=O)c1sc2nc(C(Cl)=Cc3cccs3)[nH]c(=O)c2c1C. The molecule has 3 heterocycles. The third kappa shape index (κ3) is 2.95. The molecule has 0 fully saturated rings. The van der Waals surface area contributed by atoms with Crippen LogP contribution >= 0.6 is 34.3 Å². The van der Waals surface area contributed by atoms with Crippen molar-refractivity contribution >= 4 is 61.6 Å². The molecular formula is C15H11ClN2O3S2. The molecule has 0 atom stereocenters. The number of hydrogen-bond donors (Lipinski definition) is 1. The van der Waals surface area contributed by atoms with Gasteiger partial charge < -0.3 is 9.72 Å². The Labute approximate surface area is 144 Å². The third-order valence-electron chi connectivity index (χ3n) is 3.21. The average Bonchev–Trinajstić information content (AvgIpc) is 3.14. The molecule has 118 valence electrons. The third-order valence-corrected chi connectivity index (χ3v) is 5.48. The number of fused-ring (bicyclic) bond motifs is 1. The van der Waals surface area contributed by atoms with E-state index in [1.54, 1.807) is 13.0 Å². The number of hydrogen-bond acceptors (Lipinski definition) is 6. The zero-order chi connectivity index (χ0) is 16.6. The Morgan fingerprint density at radius 2 is 2.26 bits per heavy atom. The van der Waals surface area contributed by atoms with Gasteiger partial charge >= 0.3 is 5.97 Å². The van der Waals surface area contributed by atoms with Crippen molar-refractivity contribution in [3.8, 4) is 0 Å². The lowest BCUT2D eigenvalue weighted by Crippen LogP contribution is -2.10. The van der Waals surface area contributed by atoms with Crippen molar-refractivity contribution < 1.29 is 9.53 Å². The van der Waals surface area contributed by atoms with Crippen LogP contribution in [0.2, 0.25) is 0 Å². The molecule has 0 amide bonds. The number of halogens is 1. The van der Waals surface area contributed by atoms with Crippen molar-refractivity contribution in [2.45, 2.75) is 6.92 Å². The summed E-state index contributed by atoms with van der Waals surface area (Å²) >= 11 is 8.90. The molecule has 0 saturated heterocycles. The zero-order valence-corrected chi connectivity index (χ0v) is 14.6. The summed E-state index contributed by atoms with van der Waals surface area (Å²) in [5.41, 5.74) is 0.238. The van der Waals surface area contributed by atoms with Crippen LogP contribution < -0.4 is 5.56 Å². The molecule has 0 saturated carbocycles. The van der Waals surface area contributed by atoms with E-state index in [0.29, 0.717) is 25.7 Å². The fraction of sp³-hybridized carbons (Fsp3) is 0.133. The summed E-state index contributed by atoms with van der Waals surface area (Å²) in [6.45, 7) is 1.70. The Kier molecular flexibility index (Phi) is 4.34. The number of nitrogens with one attached hydrogen (secondary N) is 1. The highest BCUT2D eigenvalue weighted by Crippen LogP contribution is 2.29. The molecule has 0 aromatic carbocycles. The van der Waals surface area contributed by atoms with Gasteiger partial charge in [0.1, 0.15) is 9.71 Å². The Hall–Kier alpha value is -1.96. The number of nitrogens with zero attached hydrogens (tertiary/aromatic N) is 1. The second-order valence-electron chi connectivity index (χ2n) is 4.65. The van der Waals surface area contributed by atoms with Gasteiger partial charge in [0.2, 0.25) is 0 Å². The predicted molar refractivity (Wildman–Crippen MR) is 94.4 cm³/mol. The van der Waals surface area contributed by atoms with E-state index in [1.807, 2.05) is 17.5 Å². The fourth-order valence-corrected chi connectivity index (χ4v) is 4.14. The maximum absolute atomic E-state index is 12.3. The van der Waals surface area contributed by atoms with Gasteiger partial charge in [-0.05, 0) is 30.0 Å². The van der Waals surface area contributed by atoms with Crippen LogP contribution in [-0.4, -0.2) is 23.0 Å². The molecule has 5 nitrogen and oxygen atoms in total. The molecule has 8 heteroatoms. The van der Waals surface area contributed by atoms with E-state index in [9.17, 15) is 9.59 Å². The minimum absolute atomic E-state index is 0.273. The lowest BCUT2D eigenvalue weighted by molar-refractivity contribution is 0.0605. The van der Waals surface area contributed by atoms with Crippen LogP contribution in [0.25, 0.3) is 21.3 Å². The van der Waals surface area contributed by atoms with Gasteiger partial charge in [-0.3, -0.25) is 4.79 Å². The van der Waals surface area contributed by atoms with Gasteiger partial charge in [-0.25, -0.2) is 9.78 Å². The van der Waals surface area contributed by atoms with Crippen molar-refractivity contribution in [3.05, 3.63) is 49.0 Å². The number of thiophene rings is 2. The van der Waals surface area contributed by atoms with Crippen LogP contribution in [0.3, 0.4) is 0 Å². The number of methoxy groups -OCH3 is 1. The number of aromatic amines is 1. The van der Waals surface area contributed by atoms with Crippen LogP contribution in [-0.2, 0) is 4.74 Å². The summed E-state index contributed by atoms with van der Waals surface area (Å²) < 4.78 is 4.73. The van der Waals surface area contributed by atoms with Crippen molar-refractivity contribution in [3.63, 3.8) is 0 Å². The lowest BCUT2D eigenvalue weighted by atomic mass is 10.2. The molecule has 1 N–H and O–H groups in total. The fourth-order valence-electron chi connectivity index (χ4n) is 2.11. The summed E-state index contributed by atoms with van der Waals surface area (Å²) in [7, 11) is 1.30. The molecule has 0 aliphatic heterocycles. The van der Waals surface area contributed by atoms with Gasteiger partial charge in [-0.15, -0.1) is 22.7 Å². The van der Waals surface area contributed by atoms with Gasteiger partial charge in [-0.2, -0.15) is 0 Å². The van der Waals surface area contributed by atoms with Gasteiger partial charge in [0.15, 0.2) is 5.82 Å². The van der Waals surface area contributed by atoms with E-state index >= 15 is 0 Å². The first-order valence-electron chi connectivity index (χ1n) is 6.54. The summed E-state index contributed by atoms with van der Waals surface area (Å²) in [6.07, 6.45) is 1.73. The number of aryl methyl sites for hydroxylation is 1. The molecule has 0 unspecified atom stereocenters. The Morgan fingerprint density at radius 1 is 1.48 bits per heavy atom. The predicted octanol–water partition coefficient (Wildman–Crippen LogP) is 3.88. The molecule has 0 aliphatic carbocycles. The van der Waals surface area contributed by atoms with Crippen molar-refractivity contribution in [2.75, 3.05) is 7.11 Å². The van der Waals surface area contributed by atoms with Crippen LogP contribution in [0.5, 0.6) is 0 Å². The van der Waals surface area contributed by atoms with Crippen LogP contribution in [0.1, 0.15) is 25.9 Å². The highest BCUT2D eigenvalue weighted by molar-refractivity contribution is 7.20. The molecule has 0 spiro atoms. The molecular weight excluding hydrogens is 356 g/mol. The maximum Gasteiger partial charge on any atom is 0.348 e. The van der Waals surface area contributed by atoms with Crippen LogP contribution in [0.4, 0.5) is 0 Å². The van der Waals surface area contributed by atoms with Crippen LogP contribution in [0.15, 0.2) is 22.3 Å². The molecule has 0 radical (unpaired) electrons. The van der Waals surface area contributed by atoms with Gasteiger partial charge in [0.25, 0.3) is 5.56 Å².